The predicted molar refractivity (Wildman–Crippen MR) is 162 cm³/mol. The Labute approximate surface area is 260 Å². The van der Waals surface area contributed by atoms with Gasteiger partial charge in [-0.25, -0.2) is 0 Å². The zero-order chi connectivity index (χ0) is 35.6. The highest BCUT2D eigenvalue weighted by atomic mass is 16.2. The topological polar surface area (TPSA) is 190 Å². The van der Waals surface area contributed by atoms with Crippen LogP contribution in [0.2, 0.25) is 0 Å². The summed E-state index contributed by atoms with van der Waals surface area (Å²) in [4.78, 5) is 102. The standard InChI is InChI=1S/3C11H9NO3/c3*1-6(13)12-8-4-2-3-7-9(14)5-10(15)11(7)8/h3*2-4H,5H2,1H3,(H,12,13)/i2D,3D,4D;12+1;. The van der Waals surface area contributed by atoms with Crippen LogP contribution >= 0.6 is 0 Å². The summed E-state index contributed by atoms with van der Waals surface area (Å²) in [7, 11) is 0. The van der Waals surface area contributed by atoms with Crippen LogP contribution in [0.5, 0.6) is 0 Å². The fourth-order valence-corrected chi connectivity index (χ4v) is 4.90. The second-order valence-corrected chi connectivity index (χ2v) is 10.1. The summed E-state index contributed by atoms with van der Waals surface area (Å²) in [5.41, 5.74) is 1.94. The first-order valence-corrected chi connectivity index (χ1v) is 13.4. The van der Waals surface area contributed by atoms with Crippen LogP contribution < -0.4 is 16.0 Å². The number of nitrogens with one attached hydrogen (secondary N) is 3. The maximum Gasteiger partial charge on any atom is 0.221 e. The SMILES string of the molecule is CC(=O)Nc1cccc2c1C(=O)CC2=O.CC(=O)[15NH]c1cccc2c1C(=O)CC2=O.[2H]c1c([2H])c(NC(C)=O)c2c(c1[2H])C(=O)CC2=O. The number of hydrogen-bond donors (Lipinski definition) is 3. The largest absolute Gasteiger partial charge is 0.326 e. The van der Waals surface area contributed by atoms with Gasteiger partial charge in [0.15, 0.2) is 34.7 Å². The van der Waals surface area contributed by atoms with E-state index in [2.05, 4.69) is 16.0 Å². The number of anilines is 3. The fraction of sp³-hybridized carbons (Fsp3) is 0.182. The minimum absolute atomic E-state index is 0.0913. The van der Waals surface area contributed by atoms with Gasteiger partial charge in [0.2, 0.25) is 17.7 Å². The van der Waals surface area contributed by atoms with Gasteiger partial charge in [0, 0.05) is 37.5 Å². The van der Waals surface area contributed by atoms with Crippen molar-refractivity contribution in [1.29, 1.82) is 0 Å². The van der Waals surface area contributed by atoms with Crippen molar-refractivity contribution in [3.8, 4) is 0 Å². The molecule has 0 aliphatic heterocycles. The molecule has 0 heterocycles. The lowest BCUT2D eigenvalue weighted by Gasteiger charge is -2.06. The summed E-state index contributed by atoms with van der Waals surface area (Å²) in [5, 5.41) is 7.38. The summed E-state index contributed by atoms with van der Waals surface area (Å²) in [6.07, 6.45) is -0.561. The van der Waals surface area contributed by atoms with Gasteiger partial charge in [0.1, 0.15) is 0 Å². The molecule has 12 heteroatoms. The van der Waals surface area contributed by atoms with Crippen molar-refractivity contribution in [2.24, 2.45) is 0 Å². The maximum absolute atomic E-state index is 11.7. The van der Waals surface area contributed by atoms with Gasteiger partial charge in [0.25, 0.3) is 0 Å². The molecule has 0 atom stereocenters. The van der Waals surface area contributed by atoms with Gasteiger partial charge >= 0.3 is 0 Å². The van der Waals surface area contributed by atoms with E-state index in [1.54, 1.807) is 36.4 Å². The van der Waals surface area contributed by atoms with E-state index in [0.717, 1.165) is 0 Å². The molecule has 6 rings (SSSR count). The molecule has 3 N–H and O–H groups in total. The first kappa shape index (κ1) is 27.9. The minimum atomic E-state index is -0.542. The Balaban J connectivity index is 0.000000164. The van der Waals surface area contributed by atoms with Crippen LogP contribution in [0.4, 0.5) is 17.1 Å². The Kier molecular flexibility index (Phi) is 8.16. The number of carbonyl (C=O) groups is 9. The molecular weight excluding hydrogens is 583 g/mol. The Bertz CT molecular complexity index is 1930. The molecule has 3 aromatic carbocycles. The van der Waals surface area contributed by atoms with Gasteiger partial charge in [-0.15, -0.1) is 0 Å². The number of Topliss-reactive ketones (excluding diaryl/α,β-unsaturated/α-hetero) is 6. The molecule has 0 unspecified atom stereocenters. The number of fused-ring (bicyclic) bond motifs is 3. The molecule has 228 valence electrons. The van der Waals surface area contributed by atoms with E-state index in [4.69, 9.17) is 4.11 Å². The third-order valence-corrected chi connectivity index (χ3v) is 6.61. The number of amides is 3. The smallest absolute Gasteiger partial charge is 0.221 e. The Hall–Kier alpha value is -5.91. The molecule has 0 saturated heterocycles. The summed E-state index contributed by atoms with van der Waals surface area (Å²) in [5.74, 6) is -2.88. The first-order valence-electron chi connectivity index (χ1n) is 14.9. The van der Waals surface area contributed by atoms with Gasteiger partial charge < -0.3 is 16.0 Å². The summed E-state index contributed by atoms with van der Waals surface area (Å²) >= 11 is 0. The van der Waals surface area contributed by atoms with E-state index in [9.17, 15) is 43.2 Å². The first-order chi connectivity index (χ1) is 22.5. The van der Waals surface area contributed by atoms with Crippen LogP contribution in [0.25, 0.3) is 0 Å². The molecule has 0 spiro atoms. The summed E-state index contributed by atoms with van der Waals surface area (Å²) in [6, 6.07) is 8.44. The van der Waals surface area contributed by atoms with Crippen LogP contribution in [-0.4, -0.2) is 52.4 Å². The summed E-state index contributed by atoms with van der Waals surface area (Å²) < 4.78 is 22.9. The van der Waals surface area contributed by atoms with E-state index in [1.165, 1.54) is 20.8 Å². The van der Waals surface area contributed by atoms with Crippen LogP contribution in [0.3, 0.4) is 0 Å². The van der Waals surface area contributed by atoms with Crippen molar-refractivity contribution < 1.29 is 47.3 Å². The van der Waals surface area contributed by atoms with Crippen molar-refractivity contribution >= 4 is 69.5 Å². The number of benzene rings is 3. The maximum atomic E-state index is 11.7. The van der Waals surface area contributed by atoms with Crippen molar-refractivity contribution in [1.82, 2.24) is 0 Å². The third-order valence-electron chi connectivity index (χ3n) is 6.61. The van der Waals surface area contributed by atoms with Crippen molar-refractivity contribution in [2.45, 2.75) is 40.0 Å². The Morgan fingerprint density at radius 1 is 0.511 bits per heavy atom. The number of ketones is 6. The molecule has 12 nitrogen and oxygen atoms in total. The predicted octanol–water partition coefficient (Wildman–Crippen LogP) is 4.24. The molecule has 0 saturated carbocycles. The Morgan fingerprint density at radius 3 is 1.27 bits per heavy atom. The number of carbonyl (C=O) groups excluding carboxylic acids is 9. The molecule has 45 heavy (non-hydrogen) atoms. The minimum Gasteiger partial charge on any atom is -0.326 e. The van der Waals surface area contributed by atoms with E-state index >= 15 is 0 Å². The normalized spacial score (nSPS) is 14.9. The summed E-state index contributed by atoms with van der Waals surface area (Å²) in [6.45, 7) is 3.92. The highest BCUT2D eigenvalue weighted by Crippen LogP contribution is 2.30. The van der Waals surface area contributed by atoms with Crippen LogP contribution in [0, 0.1) is 0 Å². The lowest BCUT2D eigenvalue weighted by Crippen LogP contribution is -2.09. The average Bonchev–Trinajstić information content (AvgIpc) is 3.58. The van der Waals surface area contributed by atoms with Gasteiger partial charge in [0.05, 0.1) is 57.1 Å². The van der Waals surface area contributed by atoms with E-state index < -0.39 is 35.6 Å². The molecule has 0 radical (unpaired) electrons. The molecule has 0 bridgehead atoms. The van der Waals surface area contributed by atoms with Gasteiger partial charge in [-0.3, -0.25) is 43.2 Å². The monoisotopic (exact) mass is 613 g/mol. The molecule has 3 amide bonds. The van der Waals surface area contributed by atoms with Crippen molar-refractivity contribution in [2.75, 3.05) is 16.0 Å². The lowest BCUT2D eigenvalue weighted by atomic mass is 10.1. The van der Waals surface area contributed by atoms with Crippen molar-refractivity contribution in [3.05, 3.63) is 87.9 Å². The zero-order valence-electron chi connectivity index (χ0n) is 27.3. The van der Waals surface area contributed by atoms with E-state index in [-0.39, 0.29) is 71.0 Å². The number of rotatable bonds is 3. The Morgan fingerprint density at radius 2 is 0.867 bits per heavy atom. The van der Waals surface area contributed by atoms with Gasteiger partial charge in [-0.05, 0) is 18.2 Å². The van der Waals surface area contributed by atoms with Gasteiger partial charge in [-0.1, -0.05) is 36.4 Å². The highest BCUT2D eigenvalue weighted by Gasteiger charge is 2.31. The fourth-order valence-electron chi connectivity index (χ4n) is 4.90. The van der Waals surface area contributed by atoms with Crippen LogP contribution in [-0.2, 0) is 14.4 Å². The molecular formula is C33H27N3O9. The van der Waals surface area contributed by atoms with Crippen molar-refractivity contribution in [3.63, 3.8) is 0 Å². The molecule has 0 aromatic heterocycles. The highest BCUT2D eigenvalue weighted by molar-refractivity contribution is 6.28. The quantitative estimate of drug-likeness (QED) is 0.286. The van der Waals surface area contributed by atoms with Crippen LogP contribution in [0.1, 0.15) is 106 Å². The zero-order valence-corrected chi connectivity index (χ0v) is 24.3. The van der Waals surface area contributed by atoms with E-state index in [0.29, 0.717) is 33.6 Å². The number of hydrogen-bond acceptors (Lipinski definition) is 9. The molecule has 3 aliphatic rings. The second-order valence-electron chi connectivity index (χ2n) is 10.1. The molecule has 3 aromatic rings. The average molecular weight is 614 g/mol. The second kappa shape index (κ2) is 13.2. The van der Waals surface area contributed by atoms with Gasteiger partial charge in [-0.2, -0.15) is 0 Å². The lowest BCUT2D eigenvalue weighted by molar-refractivity contribution is -0.115. The van der Waals surface area contributed by atoms with E-state index in [1.807, 2.05) is 0 Å². The molecule has 3 aliphatic carbocycles. The molecule has 0 fully saturated rings. The van der Waals surface area contributed by atoms with Crippen LogP contribution in [0.15, 0.2) is 54.5 Å². The third kappa shape index (κ3) is 7.02.